The van der Waals surface area contributed by atoms with Crippen molar-refractivity contribution < 1.29 is 18.0 Å². The second kappa shape index (κ2) is 6.99. The predicted octanol–water partition coefficient (Wildman–Crippen LogP) is 2.69. The van der Waals surface area contributed by atoms with Crippen LogP contribution in [0.5, 0.6) is 0 Å². The Bertz CT molecular complexity index is 1050. The van der Waals surface area contributed by atoms with Crippen LogP contribution >= 0.6 is 0 Å². The van der Waals surface area contributed by atoms with E-state index in [1.54, 1.807) is 0 Å². The van der Waals surface area contributed by atoms with Crippen LogP contribution in [0.15, 0.2) is 47.5 Å². The third kappa shape index (κ3) is 3.58. The van der Waals surface area contributed by atoms with E-state index in [1.807, 2.05) is 0 Å². The molecule has 3 rings (SSSR count). The Balaban J connectivity index is 1.80. The van der Waals surface area contributed by atoms with Crippen molar-refractivity contribution in [2.45, 2.75) is 19.5 Å². The molecule has 1 unspecified atom stereocenters. The fourth-order valence-electron chi connectivity index (χ4n) is 2.61. The van der Waals surface area contributed by atoms with Gasteiger partial charge in [0.05, 0.1) is 23.3 Å². The van der Waals surface area contributed by atoms with E-state index in [-0.39, 0.29) is 17.5 Å². The van der Waals surface area contributed by atoms with E-state index in [4.69, 9.17) is 0 Å². The third-order valence-electron chi connectivity index (χ3n) is 3.90. The zero-order valence-corrected chi connectivity index (χ0v) is 13.7. The Morgan fingerprint density at radius 1 is 1.15 bits per heavy atom. The highest BCUT2D eigenvalue weighted by Crippen LogP contribution is 2.18. The molecule has 134 valence electrons. The van der Waals surface area contributed by atoms with E-state index in [0.29, 0.717) is 5.52 Å². The maximum absolute atomic E-state index is 13.8. The van der Waals surface area contributed by atoms with E-state index >= 15 is 0 Å². The topological polar surface area (TPSA) is 64.0 Å². The zero-order valence-electron chi connectivity index (χ0n) is 13.7. The summed E-state index contributed by atoms with van der Waals surface area (Å²) in [6, 6.07) is 5.73. The van der Waals surface area contributed by atoms with Gasteiger partial charge >= 0.3 is 0 Å². The van der Waals surface area contributed by atoms with Gasteiger partial charge in [-0.2, -0.15) is 0 Å². The standard InChI is InChI=1S/C18H14F3N3O2/c1-10(13-6-11(19)2-4-15(13)21)23-17(25)8-24-9-22-16-5-3-12(20)7-14(16)18(24)26/h2-7,9-10H,8H2,1H3,(H,23,25). The van der Waals surface area contributed by atoms with Crippen molar-refractivity contribution >= 4 is 16.8 Å². The highest BCUT2D eigenvalue weighted by Gasteiger charge is 2.16. The summed E-state index contributed by atoms with van der Waals surface area (Å²) >= 11 is 0. The van der Waals surface area contributed by atoms with Crippen molar-refractivity contribution in [1.82, 2.24) is 14.9 Å². The van der Waals surface area contributed by atoms with Crippen molar-refractivity contribution in [3.05, 3.63) is 76.1 Å². The summed E-state index contributed by atoms with van der Waals surface area (Å²) < 4.78 is 41.4. The molecule has 0 aliphatic rings. The summed E-state index contributed by atoms with van der Waals surface area (Å²) in [4.78, 5) is 28.5. The van der Waals surface area contributed by atoms with E-state index in [2.05, 4.69) is 10.3 Å². The van der Waals surface area contributed by atoms with Crippen LogP contribution in [0.4, 0.5) is 13.2 Å². The van der Waals surface area contributed by atoms with Gasteiger partial charge in [-0.25, -0.2) is 18.2 Å². The lowest BCUT2D eigenvalue weighted by atomic mass is 10.1. The van der Waals surface area contributed by atoms with Crippen molar-refractivity contribution in [1.29, 1.82) is 0 Å². The van der Waals surface area contributed by atoms with E-state index < -0.39 is 35.0 Å². The lowest BCUT2D eigenvalue weighted by Gasteiger charge is -2.16. The van der Waals surface area contributed by atoms with E-state index in [9.17, 15) is 22.8 Å². The lowest BCUT2D eigenvalue weighted by Crippen LogP contribution is -2.34. The smallest absolute Gasteiger partial charge is 0.261 e. The van der Waals surface area contributed by atoms with Gasteiger partial charge in [0.2, 0.25) is 5.91 Å². The Morgan fingerprint density at radius 2 is 1.85 bits per heavy atom. The second-order valence-corrected chi connectivity index (χ2v) is 5.79. The molecule has 1 amide bonds. The quantitative estimate of drug-likeness (QED) is 0.777. The molecule has 1 heterocycles. The highest BCUT2D eigenvalue weighted by atomic mass is 19.1. The summed E-state index contributed by atoms with van der Waals surface area (Å²) in [6.07, 6.45) is 1.18. The molecule has 8 heteroatoms. The summed E-state index contributed by atoms with van der Waals surface area (Å²) in [7, 11) is 0. The monoisotopic (exact) mass is 361 g/mol. The van der Waals surface area contributed by atoms with Crippen LogP contribution in [0.25, 0.3) is 10.9 Å². The number of aromatic nitrogens is 2. The summed E-state index contributed by atoms with van der Waals surface area (Å²) in [5.41, 5.74) is -0.276. The second-order valence-electron chi connectivity index (χ2n) is 5.79. The number of hydrogen-bond acceptors (Lipinski definition) is 3. The van der Waals surface area contributed by atoms with Gasteiger partial charge in [0.25, 0.3) is 5.56 Å². The largest absolute Gasteiger partial charge is 0.348 e. The van der Waals surface area contributed by atoms with Crippen molar-refractivity contribution in [2.24, 2.45) is 0 Å². The van der Waals surface area contributed by atoms with Gasteiger partial charge in [0.15, 0.2) is 0 Å². The average molecular weight is 361 g/mol. The van der Waals surface area contributed by atoms with E-state index in [0.717, 1.165) is 28.8 Å². The molecule has 1 atom stereocenters. The molecule has 0 spiro atoms. The average Bonchev–Trinajstić information content (AvgIpc) is 2.60. The van der Waals surface area contributed by atoms with Crippen LogP contribution in [-0.2, 0) is 11.3 Å². The summed E-state index contributed by atoms with van der Waals surface area (Å²) in [5.74, 6) is -2.46. The molecular formula is C18H14F3N3O2. The SMILES string of the molecule is CC(NC(=O)Cn1cnc2ccc(F)cc2c1=O)c1cc(F)ccc1F. The molecule has 0 fully saturated rings. The van der Waals surface area contributed by atoms with Gasteiger partial charge < -0.3 is 5.32 Å². The first kappa shape index (κ1) is 17.7. The fraction of sp³-hybridized carbons (Fsp3) is 0.167. The maximum Gasteiger partial charge on any atom is 0.261 e. The summed E-state index contributed by atoms with van der Waals surface area (Å²) in [5, 5.41) is 2.54. The van der Waals surface area contributed by atoms with Crippen LogP contribution in [0.2, 0.25) is 0 Å². The van der Waals surface area contributed by atoms with Gasteiger partial charge in [-0.3, -0.25) is 14.2 Å². The molecule has 0 saturated carbocycles. The Labute approximate surface area is 146 Å². The Morgan fingerprint density at radius 3 is 2.62 bits per heavy atom. The molecule has 0 radical (unpaired) electrons. The zero-order chi connectivity index (χ0) is 18.8. The number of nitrogens with zero attached hydrogens (tertiary/aromatic N) is 2. The molecule has 1 N–H and O–H groups in total. The molecule has 5 nitrogen and oxygen atoms in total. The molecule has 0 aliphatic heterocycles. The molecule has 0 aliphatic carbocycles. The van der Waals surface area contributed by atoms with Crippen LogP contribution in [0.3, 0.4) is 0 Å². The molecular weight excluding hydrogens is 347 g/mol. The number of carbonyl (C=O) groups is 1. The molecule has 1 aromatic heterocycles. The van der Waals surface area contributed by atoms with Gasteiger partial charge in [0, 0.05) is 5.56 Å². The first-order valence-corrected chi connectivity index (χ1v) is 7.74. The van der Waals surface area contributed by atoms with Crippen LogP contribution in [-0.4, -0.2) is 15.5 Å². The number of amides is 1. The highest BCUT2D eigenvalue weighted by molar-refractivity contribution is 5.79. The Kier molecular flexibility index (Phi) is 4.75. The Hall–Kier alpha value is -3.16. The molecule has 0 saturated heterocycles. The maximum atomic E-state index is 13.8. The van der Waals surface area contributed by atoms with Crippen LogP contribution in [0, 0.1) is 17.5 Å². The first-order chi connectivity index (χ1) is 12.3. The fourth-order valence-corrected chi connectivity index (χ4v) is 2.61. The minimum atomic E-state index is -0.806. The minimum Gasteiger partial charge on any atom is -0.348 e. The van der Waals surface area contributed by atoms with Crippen molar-refractivity contribution in [3.8, 4) is 0 Å². The number of nitrogens with one attached hydrogen (secondary N) is 1. The van der Waals surface area contributed by atoms with Gasteiger partial charge in [-0.15, -0.1) is 0 Å². The minimum absolute atomic E-state index is 0.00981. The predicted molar refractivity (Wildman–Crippen MR) is 88.9 cm³/mol. The van der Waals surface area contributed by atoms with Crippen LogP contribution in [0.1, 0.15) is 18.5 Å². The number of fused-ring (bicyclic) bond motifs is 1. The summed E-state index contributed by atoms with van der Waals surface area (Å²) in [6.45, 7) is 1.10. The van der Waals surface area contributed by atoms with Gasteiger partial charge in [-0.05, 0) is 43.3 Å². The van der Waals surface area contributed by atoms with Gasteiger partial charge in [-0.1, -0.05) is 0 Å². The number of benzene rings is 2. The van der Waals surface area contributed by atoms with Crippen molar-refractivity contribution in [2.75, 3.05) is 0 Å². The molecule has 0 bridgehead atoms. The van der Waals surface area contributed by atoms with Gasteiger partial charge in [0.1, 0.15) is 24.0 Å². The molecule has 2 aromatic carbocycles. The van der Waals surface area contributed by atoms with Crippen molar-refractivity contribution in [3.63, 3.8) is 0 Å². The number of halogens is 3. The third-order valence-corrected chi connectivity index (χ3v) is 3.90. The molecule has 26 heavy (non-hydrogen) atoms. The van der Waals surface area contributed by atoms with Crippen LogP contribution < -0.4 is 10.9 Å². The van der Waals surface area contributed by atoms with E-state index in [1.165, 1.54) is 25.4 Å². The lowest BCUT2D eigenvalue weighted by molar-refractivity contribution is -0.122. The number of hydrogen-bond donors (Lipinski definition) is 1. The molecule has 3 aromatic rings. The first-order valence-electron chi connectivity index (χ1n) is 7.74. The normalized spacial score (nSPS) is 12.2. The number of rotatable bonds is 4. The number of carbonyl (C=O) groups excluding carboxylic acids is 1.